The first-order valence-corrected chi connectivity index (χ1v) is 8.15. The smallest absolute Gasteiger partial charge is 0.329 e. The molecule has 1 rings (SSSR count). The van der Waals surface area contributed by atoms with E-state index in [2.05, 4.69) is 0 Å². The highest BCUT2D eigenvalue weighted by Crippen LogP contribution is 2.28. The Morgan fingerprint density at radius 3 is 2.57 bits per heavy atom. The summed E-state index contributed by atoms with van der Waals surface area (Å²) in [4.78, 5) is 21.7. The molecule has 116 valence electrons. The Labute approximate surface area is 126 Å². The molecule has 1 aromatic carbocycles. The van der Waals surface area contributed by atoms with Crippen LogP contribution >= 0.6 is 11.6 Å². The van der Waals surface area contributed by atoms with Crippen molar-refractivity contribution in [3.63, 3.8) is 0 Å². The number of nitrogens with zero attached hydrogens (tertiary/aromatic N) is 1. The third-order valence-corrected chi connectivity index (χ3v) is 5.24. The molecule has 0 aliphatic rings. The summed E-state index contributed by atoms with van der Waals surface area (Å²) in [5.41, 5.74) is -0.330. The second-order valence-corrected chi connectivity index (χ2v) is 7.15. The van der Waals surface area contributed by atoms with Crippen LogP contribution in [0.5, 0.6) is 5.75 Å². The van der Waals surface area contributed by atoms with E-state index in [0.717, 1.165) is 12.1 Å². The molecule has 0 aliphatic carbocycles. The van der Waals surface area contributed by atoms with Gasteiger partial charge >= 0.3 is 5.97 Å². The van der Waals surface area contributed by atoms with Crippen LogP contribution in [0.4, 0.5) is 5.69 Å². The Morgan fingerprint density at radius 1 is 1.48 bits per heavy atom. The molecule has 21 heavy (non-hydrogen) atoms. The van der Waals surface area contributed by atoms with Crippen LogP contribution in [0.1, 0.15) is 20.3 Å². The van der Waals surface area contributed by atoms with E-state index in [1.165, 1.54) is 13.0 Å². The summed E-state index contributed by atoms with van der Waals surface area (Å²) in [6.07, 6.45) is 0.392. The summed E-state index contributed by atoms with van der Waals surface area (Å²) in [5, 5.41) is 9.09. The average molecular weight is 336 g/mol. The van der Waals surface area contributed by atoms with Crippen LogP contribution in [0, 0.1) is 10.1 Å². The molecule has 7 nitrogen and oxygen atoms in total. The Kier molecular flexibility index (Phi) is 5.68. The Hall–Kier alpha value is -1.67. The first-order chi connectivity index (χ1) is 9.69. The number of benzene rings is 1. The number of rotatable bonds is 6. The first-order valence-electron chi connectivity index (χ1n) is 6.06. The summed E-state index contributed by atoms with van der Waals surface area (Å²) in [5.74, 6) is -1.12. The molecule has 0 amide bonds. The summed E-state index contributed by atoms with van der Waals surface area (Å²) in [7, 11) is -3.58. The largest absolute Gasteiger partial charge is 0.426 e. The standard InChI is InChI=1S/C12H14ClNO6S/c1-3-6-21(18,19)8(2)12(15)20-9-4-5-11(14(16)17)10(13)7-9/h4-5,7-8H,3,6H2,1-2H3. The second-order valence-electron chi connectivity index (χ2n) is 4.30. The predicted octanol–water partition coefficient (Wildman–Crippen LogP) is 2.37. The fourth-order valence-corrected chi connectivity index (χ4v) is 3.01. The molecule has 0 saturated heterocycles. The average Bonchev–Trinajstić information content (AvgIpc) is 2.37. The lowest BCUT2D eigenvalue weighted by Gasteiger charge is -2.11. The fourth-order valence-electron chi connectivity index (χ4n) is 1.51. The number of hydrogen-bond donors (Lipinski definition) is 0. The summed E-state index contributed by atoms with van der Waals surface area (Å²) in [6, 6.07) is 3.36. The van der Waals surface area contributed by atoms with Gasteiger partial charge in [0.05, 0.1) is 10.7 Å². The number of carbonyl (C=O) groups is 1. The summed E-state index contributed by atoms with van der Waals surface area (Å²) >= 11 is 5.68. The van der Waals surface area contributed by atoms with Gasteiger partial charge in [-0.1, -0.05) is 18.5 Å². The lowest BCUT2D eigenvalue weighted by molar-refractivity contribution is -0.384. The van der Waals surface area contributed by atoms with E-state index in [4.69, 9.17) is 16.3 Å². The van der Waals surface area contributed by atoms with Gasteiger partial charge in [-0.3, -0.25) is 14.9 Å². The van der Waals surface area contributed by atoms with Crippen molar-refractivity contribution >= 4 is 33.1 Å². The Morgan fingerprint density at radius 2 is 2.10 bits per heavy atom. The molecule has 0 saturated carbocycles. The second kappa shape index (κ2) is 6.86. The molecular weight excluding hydrogens is 322 g/mol. The monoisotopic (exact) mass is 335 g/mol. The van der Waals surface area contributed by atoms with E-state index in [9.17, 15) is 23.3 Å². The zero-order valence-electron chi connectivity index (χ0n) is 11.4. The maximum Gasteiger partial charge on any atom is 0.329 e. The van der Waals surface area contributed by atoms with E-state index in [-0.39, 0.29) is 22.2 Å². The van der Waals surface area contributed by atoms with E-state index in [1.54, 1.807) is 6.92 Å². The van der Waals surface area contributed by atoms with Crippen LogP contribution < -0.4 is 4.74 Å². The van der Waals surface area contributed by atoms with Crippen molar-refractivity contribution in [2.45, 2.75) is 25.5 Å². The molecule has 0 heterocycles. The van der Waals surface area contributed by atoms with Gasteiger partial charge in [0, 0.05) is 12.1 Å². The number of sulfone groups is 1. The van der Waals surface area contributed by atoms with E-state index < -0.39 is 26.0 Å². The number of hydrogen-bond acceptors (Lipinski definition) is 6. The molecule has 0 aromatic heterocycles. The van der Waals surface area contributed by atoms with Crippen molar-refractivity contribution in [3.8, 4) is 5.75 Å². The van der Waals surface area contributed by atoms with Gasteiger partial charge in [-0.25, -0.2) is 8.42 Å². The highest BCUT2D eigenvalue weighted by Gasteiger charge is 2.29. The van der Waals surface area contributed by atoms with Crippen LogP contribution in [0.15, 0.2) is 18.2 Å². The topological polar surface area (TPSA) is 104 Å². The van der Waals surface area contributed by atoms with Crippen molar-refractivity contribution in [1.29, 1.82) is 0 Å². The van der Waals surface area contributed by atoms with Crippen molar-refractivity contribution < 1.29 is 22.9 Å². The van der Waals surface area contributed by atoms with Gasteiger partial charge in [0.1, 0.15) is 10.8 Å². The van der Waals surface area contributed by atoms with Gasteiger partial charge in [-0.2, -0.15) is 0 Å². The minimum absolute atomic E-state index is 0.0471. The zero-order chi connectivity index (χ0) is 16.2. The maximum atomic E-state index is 11.8. The molecule has 1 aromatic rings. The van der Waals surface area contributed by atoms with Gasteiger partial charge in [-0.15, -0.1) is 0 Å². The quantitative estimate of drug-likeness (QED) is 0.342. The van der Waals surface area contributed by atoms with Gasteiger partial charge in [0.25, 0.3) is 5.69 Å². The highest BCUT2D eigenvalue weighted by molar-refractivity contribution is 7.92. The summed E-state index contributed by atoms with van der Waals surface area (Å²) in [6.45, 7) is 2.92. The van der Waals surface area contributed by atoms with Crippen LogP contribution in [0.2, 0.25) is 5.02 Å². The van der Waals surface area contributed by atoms with Crippen molar-refractivity contribution in [2.75, 3.05) is 5.75 Å². The van der Waals surface area contributed by atoms with Crippen molar-refractivity contribution in [2.24, 2.45) is 0 Å². The van der Waals surface area contributed by atoms with Gasteiger partial charge < -0.3 is 4.74 Å². The molecule has 0 N–H and O–H groups in total. The Bertz CT molecular complexity index is 658. The molecule has 0 aliphatic heterocycles. The zero-order valence-corrected chi connectivity index (χ0v) is 13.0. The number of esters is 1. The van der Waals surface area contributed by atoms with Crippen molar-refractivity contribution in [1.82, 2.24) is 0 Å². The van der Waals surface area contributed by atoms with Gasteiger partial charge in [-0.05, 0) is 19.4 Å². The van der Waals surface area contributed by atoms with E-state index >= 15 is 0 Å². The lowest BCUT2D eigenvalue weighted by atomic mass is 10.3. The molecule has 1 atom stereocenters. The molecule has 0 bridgehead atoms. The number of nitro benzene ring substituents is 1. The van der Waals surface area contributed by atoms with Crippen LogP contribution in [-0.4, -0.2) is 30.3 Å². The van der Waals surface area contributed by atoms with Crippen LogP contribution in [-0.2, 0) is 14.6 Å². The molecular formula is C12H14ClNO6S. The highest BCUT2D eigenvalue weighted by atomic mass is 35.5. The maximum absolute atomic E-state index is 11.8. The minimum Gasteiger partial charge on any atom is -0.426 e. The van der Waals surface area contributed by atoms with E-state index in [0.29, 0.717) is 6.42 Å². The van der Waals surface area contributed by atoms with Crippen LogP contribution in [0.25, 0.3) is 0 Å². The Balaban J connectivity index is 2.89. The number of ether oxygens (including phenoxy) is 1. The molecule has 1 unspecified atom stereocenters. The fraction of sp³-hybridized carbons (Fsp3) is 0.417. The SMILES string of the molecule is CCCS(=O)(=O)C(C)C(=O)Oc1ccc([N+](=O)[O-])c(Cl)c1. The third kappa shape index (κ3) is 4.40. The number of nitro groups is 1. The van der Waals surface area contributed by atoms with Crippen molar-refractivity contribution in [3.05, 3.63) is 33.3 Å². The van der Waals surface area contributed by atoms with Gasteiger partial charge in [0.15, 0.2) is 15.1 Å². The predicted molar refractivity (Wildman–Crippen MR) is 77.3 cm³/mol. The molecule has 9 heteroatoms. The third-order valence-electron chi connectivity index (χ3n) is 2.69. The van der Waals surface area contributed by atoms with Gasteiger partial charge in [0.2, 0.25) is 0 Å². The first kappa shape index (κ1) is 17.4. The minimum atomic E-state index is -3.58. The number of carbonyl (C=O) groups excluding carboxylic acids is 1. The number of halogens is 1. The normalized spacial score (nSPS) is 12.7. The lowest BCUT2D eigenvalue weighted by Crippen LogP contribution is -2.32. The molecule has 0 fully saturated rings. The summed E-state index contributed by atoms with van der Waals surface area (Å²) < 4.78 is 28.4. The van der Waals surface area contributed by atoms with Crippen LogP contribution in [0.3, 0.4) is 0 Å². The van der Waals surface area contributed by atoms with E-state index in [1.807, 2.05) is 0 Å². The molecule has 0 spiro atoms. The molecule has 0 radical (unpaired) electrons.